The number of anilines is 1. The lowest BCUT2D eigenvalue weighted by Gasteiger charge is -2.39. The number of ether oxygens (including phenoxy) is 2. The summed E-state index contributed by atoms with van der Waals surface area (Å²) in [5.41, 5.74) is 4.19. The lowest BCUT2D eigenvalue weighted by molar-refractivity contribution is 0.0546. The van der Waals surface area contributed by atoms with Crippen LogP contribution in [0.1, 0.15) is 91.1 Å². The molecule has 0 atom stereocenters. The highest BCUT2D eigenvalue weighted by atomic mass is 16.5. The molecule has 0 spiro atoms. The van der Waals surface area contributed by atoms with Crippen LogP contribution in [0.15, 0.2) is 66.7 Å². The summed E-state index contributed by atoms with van der Waals surface area (Å²) in [6.45, 7) is 10.4. The lowest BCUT2D eigenvalue weighted by Crippen LogP contribution is -2.47. The van der Waals surface area contributed by atoms with E-state index in [1.165, 1.54) is 31.2 Å². The van der Waals surface area contributed by atoms with Crippen molar-refractivity contribution in [1.29, 1.82) is 0 Å². The van der Waals surface area contributed by atoms with Gasteiger partial charge in [0.05, 0.1) is 14.2 Å². The molecule has 0 saturated carbocycles. The summed E-state index contributed by atoms with van der Waals surface area (Å²) in [6, 6.07) is 21.3. The van der Waals surface area contributed by atoms with Crippen molar-refractivity contribution in [3.05, 3.63) is 89.0 Å². The summed E-state index contributed by atoms with van der Waals surface area (Å²) in [4.78, 5) is 31.6. The van der Waals surface area contributed by atoms with Gasteiger partial charge in [-0.2, -0.15) is 0 Å². The topological polar surface area (TPSA) is 71.1 Å². The van der Waals surface area contributed by atoms with E-state index in [-0.39, 0.29) is 17.9 Å². The zero-order chi connectivity index (χ0) is 32.2. The molecular formula is C38H51N3O4. The fraction of sp³-hybridized carbons (Fsp3) is 0.474. The second kappa shape index (κ2) is 17.0. The van der Waals surface area contributed by atoms with Crippen LogP contribution >= 0.6 is 0 Å². The molecule has 1 saturated heterocycles. The van der Waals surface area contributed by atoms with Gasteiger partial charge in [0, 0.05) is 48.6 Å². The average Bonchev–Trinajstić information content (AvgIpc) is 3.07. The molecule has 1 N–H and O–H groups in total. The zero-order valence-electron chi connectivity index (χ0n) is 27.8. The molecule has 0 bridgehead atoms. The number of nitrogens with one attached hydrogen (secondary N) is 1. The van der Waals surface area contributed by atoms with E-state index in [9.17, 15) is 9.59 Å². The van der Waals surface area contributed by atoms with Crippen molar-refractivity contribution < 1.29 is 19.1 Å². The molecule has 1 fully saturated rings. The van der Waals surface area contributed by atoms with E-state index in [0.717, 1.165) is 50.0 Å². The monoisotopic (exact) mass is 613 g/mol. The minimum absolute atomic E-state index is 0.0834. The highest BCUT2D eigenvalue weighted by Crippen LogP contribution is 2.25. The fourth-order valence-electron chi connectivity index (χ4n) is 5.85. The van der Waals surface area contributed by atoms with Gasteiger partial charge in [-0.3, -0.25) is 9.59 Å². The van der Waals surface area contributed by atoms with Crippen LogP contribution in [0.5, 0.6) is 11.5 Å². The largest absolute Gasteiger partial charge is 0.497 e. The molecule has 0 radical (unpaired) electrons. The van der Waals surface area contributed by atoms with Crippen molar-refractivity contribution in [1.82, 2.24) is 9.80 Å². The third-order valence-corrected chi connectivity index (χ3v) is 8.73. The number of carbonyl (C=O) groups is 2. The van der Waals surface area contributed by atoms with Gasteiger partial charge in [-0.05, 0) is 92.1 Å². The Kier molecular flexibility index (Phi) is 12.9. The van der Waals surface area contributed by atoms with Crippen LogP contribution in [0, 0.1) is 5.92 Å². The average molecular weight is 614 g/mol. The smallest absolute Gasteiger partial charge is 0.255 e. The summed E-state index contributed by atoms with van der Waals surface area (Å²) < 4.78 is 10.6. The van der Waals surface area contributed by atoms with E-state index < -0.39 is 0 Å². The summed E-state index contributed by atoms with van der Waals surface area (Å²) in [5.74, 6) is 1.63. The molecule has 2 amide bonds. The second-order valence-corrected chi connectivity index (χ2v) is 12.6. The summed E-state index contributed by atoms with van der Waals surface area (Å²) in [6.07, 6.45) is 7.79. The zero-order valence-corrected chi connectivity index (χ0v) is 27.8. The quantitative estimate of drug-likeness (QED) is 0.177. The fourth-order valence-corrected chi connectivity index (χ4v) is 5.85. The Labute approximate surface area is 269 Å². The van der Waals surface area contributed by atoms with Crippen molar-refractivity contribution in [2.24, 2.45) is 5.92 Å². The molecule has 3 aromatic rings. The lowest BCUT2D eigenvalue weighted by atomic mass is 9.99. The number of rotatable bonds is 15. The molecule has 7 heteroatoms. The number of carbonyl (C=O) groups excluding carboxylic acids is 2. The van der Waals surface area contributed by atoms with Crippen LogP contribution < -0.4 is 14.8 Å². The Morgan fingerprint density at radius 3 is 2.07 bits per heavy atom. The number of benzene rings is 3. The first kappa shape index (κ1) is 34.0. The maximum Gasteiger partial charge on any atom is 0.255 e. The molecule has 0 unspecified atom stereocenters. The molecule has 1 heterocycles. The van der Waals surface area contributed by atoms with Gasteiger partial charge in [-0.25, -0.2) is 0 Å². The molecule has 242 valence electrons. The minimum Gasteiger partial charge on any atom is -0.497 e. The van der Waals surface area contributed by atoms with E-state index in [0.29, 0.717) is 35.2 Å². The number of amides is 2. The molecule has 1 aliphatic heterocycles. The maximum absolute atomic E-state index is 14.0. The van der Waals surface area contributed by atoms with Crippen LogP contribution in [-0.2, 0) is 13.0 Å². The highest BCUT2D eigenvalue weighted by Gasteiger charge is 2.29. The van der Waals surface area contributed by atoms with Crippen LogP contribution in [0.25, 0.3) is 0 Å². The molecule has 45 heavy (non-hydrogen) atoms. The van der Waals surface area contributed by atoms with Gasteiger partial charge in [0.15, 0.2) is 0 Å². The third-order valence-electron chi connectivity index (χ3n) is 8.73. The number of methoxy groups -OCH3 is 2. The Balaban J connectivity index is 1.46. The Hall–Kier alpha value is -3.84. The van der Waals surface area contributed by atoms with E-state index >= 15 is 0 Å². The predicted molar refractivity (Wildman–Crippen MR) is 182 cm³/mol. The molecule has 1 aliphatic rings. The first-order chi connectivity index (χ1) is 21.8. The van der Waals surface area contributed by atoms with Crippen LogP contribution in [0.3, 0.4) is 0 Å². The molecule has 7 nitrogen and oxygen atoms in total. The van der Waals surface area contributed by atoms with Gasteiger partial charge in [-0.15, -0.1) is 0 Å². The predicted octanol–water partition coefficient (Wildman–Crippen LogP) is 7.84. The van der Waals surface area contributed by atoms with Gasteiger partial charge in [0.25, 0.3) is 11.8 Å². The Morgan fingerprint density at radius 2 is 1.49 bits per heavy atom. The van der Waals surface area contributed by atoms with Crippen molar-refractivity contribution in [3.63, 3.8) is 0 Å². The van der Waals surface area contributed by atoms with Crippen LogP contribution in [0.4, 0.5) is 5.69 Å². The standard InChI is InChI=1S/C38H51N3O4/c1-6-7-8-9-29-10-14-31(15-11-29)38(43)41(34-19-22-40(23-20-34)21-18-28(2)3)27-30-12-16-33(17-13-30)39-37(42)32-24-35(44-4)26-36(25-32)45-5/h10-17,24-26,28,34H,6-9,18-23,27H2,1-5H3,(H,39,42). The maximum atomic E-state index is 14.0. The van der Waals surface area contributed by atoms with Crippen molar-refractivity contribution in [2.45, 2.75) is 78.3 Å². The SMILES string of the molecule is CCCCCc1ccc(C(=O)N(Cc2ccc(NC(=O)c3cc(OC)cc(OC)c3)cc2)C2CCN(CCC(C)C)CC2)cc1. The normalized spacial score (nSPS) is 13.9. The first-order valence-electron chi connectivity index (χ1n) is 16.5. The number of aryl methyl sites for hydroxylation is 1. The summed E-state index contributed by atoms with van der Waals surface area (Å²) in [5, 5.41) is 2.97. The minimum atomic E-state index is -0.251. The molecule has 0 aromatic heterocycles. The van der Waals surface area contributed by atoms with E-state index in [1.807, 2.05) is 36.4 Å². The van der Waals surface area contributed by atoms with E-state index in [2.05, 4.69) is 48.0 Å². The highest BCUT2D eigenvalue weighted by molar-refractivity contribution is 6.04. The van der Waals surface area contributed by atoms with Gasteiger partial charge in [0.1, 0.15) is 11.5 Å². The van der Waals surface area contributed by atoms with Gasteiger partial charge < -0.3 is 24.6 Å². The van der Waals surface area contributed by atoms with Crippen LogP contribution in [0.2, 0.25) is 0 Å². The second-order valence-electron chi connectivity index (χ2n) is 12.6. The summed E-state index contributed by atoms with van der Waals surface area (Å²) in [7, 11) is 3.12. The number of nitrogens with zero attached hydrogens (tertiary/aromatic N) is 2. The van der Waals surface area contributed by atoms with Gasteiger partial charge in [-0.1, -0.05) is 57.9 Å². The number of hydrogen-bond donors (Lipinski definition) is 1. The first-order valence-corrected chi connectivity index (χ1v) is 16.5. The Morgan fingerprint density at radius 1 is 0.867 bits per heavy atom. The molecule has 4 rings (SSSR count). The number of unbranched alkanes of at least 4 members (excludes halogenated alkanes) is 2. The molecule has 3 aromatic carbocycles. The molecule has 0 aliphatic carbocycles. The van der Waals surface area contributed by atoms with Gasteiger partial charge >= 0.3 is 0 Å². The number of hydrogen-bond acceptors (Lipinski definition) is 5. The van der Waals surface area contributed by atoms with E-state index in [4.69, 9.17) is 9.47 Å². The van der Waals surface area contributed by atoms with Crippen molar-refractivity contribution >= 4 is 17.5 Å². The number of likely N-dealkylation sites (tertiary alicyclic amines) is 1. The van der Waals surface area contributed by atoms with Crippen LogP contribution in [-0.4, -0.2) is 61.5 Å². The van der Waals surface area contributed by atoms with E-state index in [1.54, 1.807) is 32.4 Å². The van der Waals surface area contributed by atoms with Crippen molar-refractivity contribution in [2.75, 3.05) is 39.2 Å². The number of piperidine rings is 1. The molecular weight excluding hydrogens is 562 g/mol. The summed E-state index contributed by atoms with van der Waals surface area (Å²) >= 11 is 0. The van der Waals surface area contributed by atoms with Gasteiger partial charge in [0.2, 0.25) is 0 Å². The third kappa shape index (κ3) is 10.1. The Bertz CT molecular complexity index is 1340. The van der Waals surface area contributed by atoms with Crippen molar-refractivity contribution in [3.8, 4) is 11.5 Å².